The Morgan fingerprint density at radius 1 is 1.53 bits per heavy atom. The Morgan fingerprint density at radius 2 is 2.29 bits per heavy atom. The molecule has 0 aliphatic heterocycles. The van der Waals surface area contributed by atoms with Crippen LogP contribution in [0.15, 0.2) is 17.2 Å². The van der Waals surface area contributed by atoms with Crippen LogP contribution in [0.1, 0.15) is 26.7 Å². The molecule has 1 aromatic rings. The first-order chi connectivity index (χ1) is 8.24. The standard InChI is InChI=1S/C12H19N3O2/c1-3-15-6-5-13-11(12(15)16)14-9-7-10(8-9)17-4-2/h5-6,9-10H,3-4,7-8H2,1-2H3,(H,13,14). The lowest BCUT2D eigenvalue weighted by Gasteiger charge is -2.35. The molecule has 5 heteroatoms. The van der Waals surface area contributed by atoms with Crippen LogP contribution in [0.2, 0.25) is 0 Å². The third-order valence-electron chi connectivity index (χ3n) is 3.09. The zero-order valence-electron chi connectivity index (χ0n) is 10.3. The molecule has 1 N–H and O–H groups in total. The summed E-state index contributed by atoms with van der Waals surface area (Å²) in [5.74, 6) is 0.453. The van der Waals surface area contributed by atoms with Gasteiger partial charge in [0.15, 0.2) is 5.82 Å². The van der Waals surface area contributed by atoms with E-state index in [9.17, 15) is 4.79 Å². The van der Waals surface area contributed by atoms with Gasteiger partial charge in [-0.25, -0.2) is 4.98 Å². The lowest BCUT2D eigenvalue weighted by Crippen LogP contribution is -2.42. The topological polar surface area (TPSA) is 56.1 Å². The number of ether oxygens (including phenoxy) is 1. The van der Waals surface area contributed by atoms with Crippen molar-refractivity contribution in [2.45, 2.75) is 45.4 Å². The highest BCUT2D eigenvalue weighted by molar-refractivity contribution is 5.33. The normalized spacial score (nSPS) is 23.2. The summed E-state index contributed by atoms with van der Waals surface area (Å²) in [7, 11) is 0. The molecule has 1 aliphatic rings. The molecular formula is C12H19N3O2. The Hall–Kier alpha value is -1.36. The third kappa shape index (κ3) is 2.66. The summed E-state index contributed by atoms with van der Waals surface area (Å²) in [6.45, 7) is 5.37. The minimum absolute atomic E-state index is 0.0464. The van der Waals surface area contributed by atoms with Crippen LogP contribution in [0.3, 0.4) is 0 Å². The fourth-order valence-electron chi connectivity index (χ4n) is 2.04. The van der Waals surface area contributed by atoms with E-state index in [0.29, 0.717) is 24.5 Å². The molecule has 5 nitrogen and oxygen atoms in total. The molecule has 1 saturated carbocycles. The van der Waals surface area contributed by atoms with Crippen LogP contribution in [0.5, 0.6) is 0 Å². The van der Waals surface area contributed by atoms with E-state index in [-0.39, 0.29) is 5.56 Å². The van der Waals surface area contributed by atoms with E-state index in [1.807, 2.05) is 13.8 Å². The summed E-state index contributed by atoms with van der Waals surface area (Å²) in [4.78, 5) is 16.0. The number of anilines is 1. The first kappa shape index (κ1) is 12.1. The van der Waals surface area contributed by atoms with Gasteiger partial charge in [0.2, 0.25) is 0 Å². The van der Waals surface area contributed by atoms with Crippen molar-refractivity contribution in [3.05, 3.63) is 22.7 Å². The first-order valence-corrected chi connectivity index (χ1v) is 6.18. The van der Waals surface area contributed by atoms with Gasteiger partial charge >= 0.3 is 0 Å². The van der Waals surface area contributed by atoms with Gasteiger partial charge in [-0.3, -0.25) is 4.79 Å². The Balaban J connectivity index is 1.95. The van der Waals surface area contributed by atoms with Crippen LogP contribution in [0, 0.1) is 0 Å². The maximum Gasteiger partial charge on any atom is 0.293 e. The molecule has 1 aliphatic carbocycles. The average molecular weight is 237 g/mol. The number of nitrogens with one attached hydrogen (secondary N) is 1. The maximum atomic E-state index is 11.9. The van der Waals surface area contributed by atoms with Crippen LogP contribution in [-0.2, 0) is 11.3 Å². The lowest BCUT2D eigenvalue weighted by atomic mass is 9.89. The maximum absolute atomic E-state index is 11.9. The Labute approximate surface area is 101 Å². The highest BCUT2D eigenvalue weighted by atomic mass is 16.5. The van der Waals surface area contributed by atoms with E-state index in [1.54, 1.807) is 17.0 Å². The Kier molecular flexibility index (Phi) is 3.78. The quantitative estimate of drug-likeness (QED) is 0.837. The highest BCUT2D eigenvalue weighted by Gasteiger charge is 2.30. The smallest absolute Gasteiger partial charge is 0.293 e. The van der Waals surface area contributed by atoms with Crippen molar-refractivity contribution in [3.8, 4) is 0 Å². The summed E-state index contributed by atoms with van der Waals surface area (Å²) in [6.07, 6.45) is 5.62. The number of rotatable bonds is 5. The predicted molar refractivity (Wildman–Crippen MR) is 66.2 cm³/mol. The van der Waals surface area contributed by atoms with E-state index < -0.39 is 0 Å². The largest absolute Gasteiger partial charge is 0.378 e. The summed E-state index contributed by atoms with van der Waals surface area (Å²) in [5, 5.41) is 3.19. The predicted octanol–water partition coefficient (Wildman–Crippen LogP) is 1.24. The summed E-state index contributed by atoms with van der Waals surface area (Å²) in [6, 6.07) is 0.319. The molecule has 17 heavy (non-hydrogen) atoms. The molecule has 0 radical (unpaired) electrons. The molecule has 0 bridgehead atoms. The fourth-order valence-corrected chi connectivity index (χ4v) is 2.04. The van der Waals surface area contributed by atoms with Crippen molar-refractivity contribution in [2.75, 3.05) is 11.9 Å². The van der Waals surface area contributed by atoms with Crippen molar-refractivity contribution in [3.63, 3.8) is 0 Å². The summed E-state index contributed by atoms with van der Waals surface area (Å²) >= 11 is 0. The second-order valence-electron chi connectivity index (χ2n) is 4.26. The molecule has 1 heterocycles. The summed E-state index contributed by atoms with van der Waals surface area (Å²) < 4.78 is 7.12. The molecule has 0 saturated heterocycles. The van der Waals surface area contributed by atoms with Gasteiger partial charge in [0.05, 0.1) is 6.10 Å². The van der Waals surface area contributed by atoms with E-state index >= 15 is 0 Å². The van der Waals surface area contributed by atoms with Gasteiger partial charge in [0.1, 0.15) is 0 Å². The van der Waals surface area contributed by atoms with Crippen molar-refractivity contribution in [2.24, 2.45) is 0 Å². The molecule has 0 aromatic carbocycles. The average Bonchev–Trinajstić information content (AvgIpc) is 2.28. The van der Waals surface area contributed by atoms with Gasteiger partial charge < -0.3 is 14.6 Å². The van der Waals surface area contributed by atoms with Gasteiger partial charge in [-0.05, 0) is 26.7 Å². The zero-order chi connectivity index (χ0) is 12.3. The molecule has 0 unspecified atom stereocenters. The van der Waals surface area contributed by atoms with Gasteiger partial charge in [-0.15, -0.1) is 0 Å². The fraction of sp³-hybridized carbons (Fsp3) is 0.667. The van der Waals surface area contributed by atoms with Crippen LogP contribution >= 0.6 is 0 Å². The molecule has 1 fully saturated rings. The van der Waals surface area contributed by atoms with E-state index in [4.69, 9.17) is 4.74 Å². The van der Waals surface area contributed by atoms with Crippen LogP contribution < -0.4 is 10.9 Å². The van der Waals surface area contributed by atoms with Crippen LogP contribution in [0.4, 0.5) is 5.82 Å². The molecule has 2 rings (SSSR count). The van der Waals surface area contributed by atoms with E-state index in [0.717, 1.165) is 19.4 Å². The van der Waals surface area contributed by atoms with Crippen LogP contribution in [0.25, 0.3) is 0 Å². The minimum Gasteiger partial charge on any atom is -0.378 e. The zero-order valence-corrected chi connectivity index (χ0v) is 10.3. The third-order valence-corrected chi connectivity index (χ3v) is 3.09. The molecule has 0 atom stereocenters. The highest BCUT2D eigenvalue weighted by Crippen LogP contribution is 2.25. The molecule has 94 valence electrons. The molecule has 0 amide bonds. The number of nitrogens with zero attached hydrogens (tertiary/aromatic N) is 2. The van der Waals surface area contributed by atoms with E-state index in [2.05, 4.69) is 10.3 Å². The van der Waals surface area contributed by atoms with Gasteiger partial charge in [-0.1, -0.05) is 0 Å². The van der Waals surface area contributed by atoms with Gasteiger partial charge in [0.25, 0.3) is 5.56 Å². The van der Waals surface area contributed by atoms with Crippen molar-refractivity contribution < 1.29 is 4.74 Å². The molecular weight excluding hydrogens is 218 g/mol. The van der Waals surface area contributed by atoms with E-state index in [1.165, 1.54) is 0 Å². The van der Waals surface area contributed by atoms with Crippen molar-refractivity contribution >= 4 is 5.82 Å². The number of hydrogen-bond donors (Lipinski definition) is 1. The second-order valence-corrected chi connectivity index (χ2v) is 4.26. The number of aryl methyl sites for hydroxylation is 1. The lowest BCUT2D eigenvalue weighted by molar-refractivity contribution is 0.00289. The van der Waals surface area contributed by atoms with Crippen molar-refractivity contribution in [1.29, 1.82) is 0 Å². The van der Waals surface area contributed by atoms with Gasteiger partial charge in [-0.2, -0.15) is 0 Å². The Morgan fingerprint density at radius 3 is 2.94 bits per heavy atom. The number of aromatic nitrogens is 2. The van der Waals surface area contributed by atoms with Gasteiger partial charge in [0, 0.05) is 31.6 Å². The molecule has 1 aromatic heterocycles. The number of hydrogen-bond acceptors (Lipinski definition) is 4. The summed E-state index contributed by atoms with van der Waals surface area (Å²) in [5.41, 5.74) is -0.0464. The second kappa shape index (κ2) is 5.31. The monoisotopic (exact) mass is 237 g/mol. The first-order valence-electron chi connectivity index (χ1n) is 6.18. The van der Waals surface area contributed by atoms with Crippen LogP contribution in [-0.4, -0.2) is 28.3 Å². The minimum atomic E-state index is -0.0464. The SMILES string of the molecule is CCOC1CC(Nc2nccn(CC)c2=O)C1. The molecule has 0 spiro atoms. The Bertz CT molecular complexity index is 424. The van der Waals surface area contributed by atoms with Crippen molar-refractivity contribution in [1.82, 2.24) is 9.55 Å².